The van der Waals surface area contributed by atoms with Crippen LogP contribution in [0.5, 0.6) is 5.75 Å². The highest BCUT2D eigenvalue weighted by Crippen LogP contribution is 2.29. The first-order valence-electron chi connectivity index (χ1n) is 7.99. The van der Waals surface area contributed by atoms with Crippen molar-refractivity contribution in [3.05, 3.63) is 53.9 Å². The zero-order valence-corrected chi connectivity index (χ0v) is 14.3. The zero-order chi connectivity index (χ0) is 17.9. The lowest BCUT2D eigenvalue weighted by molar-refractivity contribution is 0.146. The molecule has 1 aliphatic heterocycles. The molecule has 2 atom stereocenters. The van der Waals surface area contributed by atoms with Gasteiger partial charge < -0.3 is 15.2 Å². The Labute approximate surface area is 146 Å². The number of ether oxygens (including phenoxy) is 1. The lowest BCUT2D eigenvalue weighted by atomic mass is 10.0. The molecule has 2 aromatic rings. The second-order valence-electron chi connectivity index (χ2n) is 5.98. The topological polar surface area (TPSA) is 109 Å². The van der Waals surface area contributed by atoms with Gasteiger partial charge in [-0.15, -0.1) is 0 Å². The van der Waals surface area contributed by atoms with E-state index in [0.29, 0.717) is 25.3 Å². The van der Waals surface area contributed by atoms with Crippen LogP contribution in [0.2, 0.25) is 0 Å². The minimum atomic E-state index is -4.20. The van der Waals surface area contributed by atoms with Crippen LogP contribution in [-0.2, 0) is 16.5 Å². The molecule has 0 fully saturated rings. The monoisotopic (exact) mass is 364 g/mol. The van der Waals surface area contributed by atoms with Crippen molar-refractivity contribution in [2.24, 2.45) is 0 Å². The van der Waals surface area contributed by atoms with Gasteiger partial charge in [-0.3, -0.25) is 9.54 Å². The van der Waals surface area contributed by atoms with Gasteiger partial charge in [0.2, 0.25) is 0 Å². The van der Waals surface area contributed by atoms with E-state index in [9.17, 15) is 13.5 Å². The first-order chi connectivity index (χ1) is 11.9. The van der Waals surface area contributed by atoms with Gasteiger partial charge in [-0.2, -0.15) is 8.42 Å². The van der Waals surface area contributed by atoms with Crippen molar-refractivity contribution in [2.75, 3.05) is 13.1 Å². The highest BCUT2D eigenvalue weighted by molar-refractivity contribution is 7.85. The van der Waals surface area contributed by atoms with Crippen molar-refractivity contribution < 1.29 is 22.8 Å². The molecule has 0 saturated heterocycles. The minimum absolute atomic E-state index is 0.0646. The molecular formula is C17H20N2O5S. The van der Waals surface area contributed by atoms with Gasteiger partial charge >= 0.3 is 0 Å². The number of aromatic nitrogens is 1. The average molecular weight is 364 g/mol. The Balaban J connectivity index is 1.53. The van der Waals surface area contributed by atoms with E-state index in [1.54, 1.807) is 24.5 Å². The molecule has 25 heavy (non-hydrogen) atoms. The number of aliphatic hydroxyl groups is 1. The van der Waals surface area contributed by atoms with Crippen molar-refractivity contribution in [3.8, 4) is 5.75 Å². The largest absolute Gasteiger partial charge is 0.489 e. The molecule has 0 radical (unpaired) electrons. The fourth-order valence-electron chi connectivity index (χ4n) is 2.80. The summed E-state index contributed by atoms with van der Waals surface area (Å²) in [5, 5.41) is 13.3. The fourth-order valence-corrected chi connectivity index (χ4v) is 3.33. The maximum atomic E-state index is 11.2. The molecule has 2 heterocycles. The van der Waals surface area contributed by atoms with Gasteiger partial charge in [-0.1, -0.05) is 6.07 Å². The van der Waals surface area contributed by atoms with Gasteiger partial charge in [-0.25, -0.2) is 0 Å². The molecule has 3 rings (SSSR count). The number of rotatable bonds is 6. The number of benzene rings is 1. The van der Waals surface area contributed by atoms with E-state index in [-0.39, 0.29) is 11.0 Å². The van der Waals surface area contributed by atoms with Gasteiger partial charge in [0.1, 0.15) is 11.9 Å². The molecular weight excluding hydrogens is 344 g/mol. The quantitative estimate of drug-likeness (QED) is 0.664. The van der Waals surface area contributed by atoms with Gasteiger partial charge in [-0.05, 0) is 42.7 Å². The predicted octanol–water partition coefficient (Wildman–Crippen LogP) is 1.35. The second kappa shape index (κ2) is 7.49. The van der Waals surface area contributed by atoms with Crippen molar-refractivity contribution in [1.29, 1.82) is 0 Å². The molecule has 0 aliphatic carbocycles. The number of nitrogens with one attached hydrogen (secondary N) is 1. The second-order valence-corrected chi connectivity index (χ2v) is 7.41. The van der Waals surface area contributed by atoms with Gasteiger partial charge in [0.25, 0.3) is 10.1 Å². The molecule has 7 nitrogen and oxygen atoms in total. The Kier molecular flexibility index (Phi) is 5.33. The number of hydrogen-bond acceptors (Lipinski definition) is 6. The third-order valence-corrected chi connectivity index (χ3v) is 4.99. The molecule has 0 bridgehead atoms. The summed E-state index contributed by atoms with van der Waals surface area (Å²) < 4.78 is 37.3. The molecule has 134 valence electrons. The lowest BCUT2D eigenvalue weighted by Crippen LogP contribution is -2.36. The van der Waals surface area contributed by atoms with Crippen LogP contribution < -0.4 is 10.1 Å². The summed E-state index contributed by atoms with van der Waals surface area (Å²) in [5.74, 6) is 0.623. The molecule has 3 N–H and O–H groups in total. The lowest BCUT2D eigenvalue weighted by Gasteiger charge is -2.27. The summed E-state index contributed by atoms with van der Waals surface area (Å²) in [7, 11) is -4.20. The summed E-state index contributed by atoms with van der Waals surface area (Å²) in [5.41, 5.74) is 1.52. The predicted molar refractivity (Wildman–Crippen MR) is 91.1 cm³/mol. The molecule has 0 saturated carbocycles. The van der Waals surface area contributed by atoms with Crippen LogP contribution in [0.15, 0.2) is 47.6 Å². The van der Waals surface area contributed by atoms with Crippen LogP contribution in [0.25, 0.3) is 0 Å². The normalized spacial score (nSPS) is 18.2. The average Bonchev–Trinajstić information content (AvgIpc) is 2.61. The third kappa shape index (κ3) is 4.55. The van der Waals surface area contributed by atoms with Crippen LogP contribution in [-0.4, -0.2) is 42.3 Å². The number of nitrogens with zero attached hydrogens (tertiary/aromatic N) is 1. The maximum Gasteiger partial charge on any atom is 0.294 e. The molecule has 0 spiro atoms. The molecule has 0 amide bonds. The first kappa shape index (κ1) is 17.8. The standard InChI is InChI=1S/C17H20N2O5S/c20-16(13-2-1-7-18-9-13)11-19-10-14-4-3-12-8-15(25(21,22)23)5-6-17(12)24-14/h1-2,5-9,14,16,19-20H,3-4,10-11H2,(H,21,22,23)/t14-,16-/m1/s1. The molecule has 1 aromatic carbocycles. The van der Waals surface area contributed by atoms with Crippen molar-refractivity contribution >= 4 is 10.1 Å². The summed E-state index contributed by atoms with van der Waals surface area (Å²) in [6, 6.07) is 7.94. The van der Waals surface area contributed by atoms with Crippen LogP contribution in [0.3, 0.4) is 0 Å². The smallest absolute Gasteiger partial charge is 0.294 e. The minimum Gasteiger partial charge on any atom is -0.489 e. The third-order valence-electron chi connectivity index (χ3n) is 4.14. The number of aryl methyl sites for hydroxylation is 1. The van der Waals surface area contributed by atoms with Gasteiger partial charge in [0.15, 0.2) is 0 Å². The van der Waals surface area contributed by atoms with E-state index in [2.05, 4.69) is 10.3 Å². The highest BCUT2D eigenvalue weighted by atomic mass is 32.2. The van der Waals surface area contributed by atoms with E-state index < -0.39 is 16.2 Å². The van der Waals surface area contributed by atoms with E-state index in [4.69, 9.17) is 9.29 Å². The summed E-state index contributed by atoms with van der Waals surface area (Å²) in [6.07, 6.45) is 3.97. The van der Waals surface area contributed by atoms with Crippen LogP contribution >= 0.6 is 0 Å². The van der Waals surface area contributed by atoms with Gasteiger partial charge in [0.05, 0.1) is 11.0 Å². The summed E-state index contributed by atoms with van der Waals surface area (Å²) in [6.45, 7) is 0.955. The Bertz CT molecular complexity index is 826. The van der Waals surface area contributed by atoms with Crippen molar-refractivity contribution in [2.45, 2.75) is 29.9 Å². The van der Waals surface area contributed by atoms with E-state index >= 15 is 0 Å². The molecule has 8 heteroatoms. The van der Waals surface area contributed by atoms with Crippen LogP contribution in [0.1, 0.15) is 23.7 Å². The van der Waals surface area contributed by atoms with Crippen LogP contribution in [0, 0.1) is 0 Å². The van der Waals surface area contributed by atoms with Gasteiger partial charge in [0, 0.05) is 31.0 Å². The number of fused-ring (bicyclic) bond motifs is 1. The summed E-state index contributed by atoms with van der Waals surface area (Å²) in [4.78, 5) is 3.86. The molecule has 1 aliphatic rings. The Morgan fingerprint density at radius 3 is 2.92 bits per heavy atom. The molecule has 1 aromatic heterocycles. The van der Waals surface area contributed by atoms with Crippen molar-refractivity contribution in [1.82, 2.24) is 10.3 Å². The number of pyridine rings is 1. The van der Waals surface area contributed by atoms with Crippen LogP contribution in [0.4, 0.5) is 0 Å². The number of hydrogen-bond donors (Lipinski definition) is 3. The highest BCUT2D eigenvalue weighted by Gasteiger charge is 2.22. The molecule has 0 unspecified atom stereocenters. The Morgan fingerprint density at radius 1 is 1.36 bits per heavy atom. The fraction of sp³-hybridized carbons (Fsp3) is 0.353. The zero-order valence-electron chi connectivity index (χ0n) is 13.5. The van der Waals surface area contributed by atoms with E-state index in [1.165, 1.54) is 12.1 Å². The Morgan fingerprint density at radius 2 is 2.20 bits per heavy atom. The van der Waals surface area contributed by atoms with E-state index in [1.807, 2.05) is 6.07 Å². The Hall–Kier alpha value is -2.00. The summed E-state index contributed by atoms with van der Waals surface area (Å²) >= 11 is 0. The SMILES string of the molecule is O=S(=O)(O)c1ccc2c(c1)CC[C@H](CNC[C@@H](O)c1cccnc1)O2. The maximum absolute atomic E-state index is 11.2. The van der Waals surface area contributed by atoms with E-state index in [0.717, 1.165) is 17.5 Å². The first-order valence-corrected chi connectivity index (χ1v) is 9.43. The number of aliphatic hydroxyl groups excluding tert-OH is 1. The van der Waals surface area contributed by atoms with Crippen molar-refractivity contribution in [3.63, 3.8) is 0 Å².